The van der Waals surface area contributed by atoms with Gasteiger partial charge in [-0.3, -0.25) is 0 Å². The largest absolute Gasteiger partial charge is 0.462 e. The van der Waals surface area contributed by atoms with Crippen LogP contribution in [0.1, 0.15) is 112 Å². The molecular weight excluding hydrogens is 407 g/mol. The van der Waals surface area contributed by atoms with Gasteiger partial charge in [-0.2, -0.15) is 0 Å². The van der Waals surface area contributed by atoms with Crippen molar-refractivity contribution in [1.82, 2.24) is 0 Å². The molecule has 0 fully saturated rings. The zero-order valence-corrected chi connectivity index (χ0v) is 19.4. The van der Waals surface area contributed by atoms with Gasteiger partial charge in [-0.1, -0.05) is 90.2 Å². The van der Waals surface area contributed by atoms with Crippen LogP contribution in [-0.4, -0.2) is 25.2 Å². The van der Waals surface area contributed by atoms with Crippen LogP contribution in [0.25, 0.3) is 0 Å². The van der Waals surface area contributed by atoms with Crippen LogP contribution in [0, 0.1) is 0 Å². The van der Waals surface area contributed by atoms with E-state index in [0.29, 0.717) is 24.3 Å². The first-order chi connectivity index (χ1) is 13.7. The van der Waals surface area contributed by atoms with E-state index in [2.05, 4.69) is 13.8 Å². The third-order valence-electron chi connectivity index (χ3n) is 4.83. The molecule has 0 spiro atoms. The van der Waals surface area contributed by atoms with Gasteiger partial charge in [0, 0.05) is 17.1 Å². The number of ether oxygens (including phenoxy) is 2. The van der Waals surface area contributed by atoms with Crippen LogP contribution >= 0.6 is 0 Å². The Bertz CT molecular complexity index is 511. The molecule has 0 amide bonds. The third-order valence-corrected chi connectivity index (χ3v) is 4.83. The monoisotopic (exact) mass is 445 g/mol. The van der Waals surface area contributed by atoms with E-state index in [4.69, 9.17) is 9.47 Å². The van der Waals surface area contributed by atoms with Crippen molar-refractivity contribution in [3.63, 3.8) is 0 Å². The van der Waals surface area contributed by atoms with Crippen LogP contribution in [0.2, 0.25) is 0 Å². The third kappa shape index (κ3) is 12.8. The molecule has 0 N–H and O–H groups in total. The molecule has 0 heterocycles. The maximum atomic E-state index is 12.4. The molecular formula is C24H38MnO4. The normalized spacial score (nSPS) is 10.3. The average Bonchev–Trinajstić information content (AvgIpc) is 2.72. The molecule has 29 heavy (non-hydrogen) atoms. The molecule has 0 aliphatic carbocycles. The Balaban J connectivity index is 0.00000784. The molecule has 1 rings (SSSR count). The molecule has 0 saturated heterocycles. The van der Waals surface area contributed by atoms with Gasteiger partial charge >= 0.3 is 11.9 Å². The van der Waals surface area contributed by atoms with Gasteiger partial charge in [0.1, 0.15) is 0 Å². The Morgan fingerprint density at radius 3 is 1.34 bits per heavy atom. The Morgan fingerprint density at radius 2 is 0.966 bits per heavy atom. The maximum Gasteiger partial charge on any atom is 0.339 e. The molecule has 0 bridgehead atoms. The van der Waals surface area contributed by atoms with Crippen LogP contribution in [0.5, 0.6) is 0 Å². The fourth-order valence-electron chi connectivity index (χ4n) is 3.09. The number of benzene rings is 1. The molecule has 0 unspecified atom stereocenters. The van der Waals surface area contributed by atoms with E-state index in [9.17, 15) is 9.59 Å². The topological polar surface area (TPSA) is 52.6 Å². The molecule has 165 valence electrons. The molecule has 0 aromatic heterocycles. The summed E-state index contributed by atoms with van der Waals surface area (Å²) in [5, 5.41) is 0. The van der Waals surface area contributed by atoms with Crippen molar-refractivity contribution >= 4 is 11.9 Å². The van der Waals surface area contributed by atoms with E-state index in [1.165, 1.54) is 51.4 Å². The van der Waals surface area contributed by atoms with Gasteiger partial charge < -0.3 is 9.47 Å². The van der Waals surface area contributed by atoms with Crippen LogP contribution in [0.15, 0.2) is 24.3 Å². The van der Waals surface area contributed by atoms with Gasteiger partial charge in [-0.15, -0.1) is 0 Å². The zero-order valence-electron chi connectivity index (χ0n) is 18.2. The standard InChI is InChI=1S/C24H38O4.Mn/c1-3-5-7-9-11-15-19-27-23(25)21-17-13-14-18-22(21)24(26)28-20-16-12-10-8-6-4-2;/h13-14,17-18H,3-12,15-16,19-20H2,1-2H3;. The number of carbonyl (C=O) groups excluding carboxylic acids is 2. The minimum atomic E-state index is -0.444. The van der Waals surface area contributed by atoms with Crippen LogP contribution in [-0.2, 0) is 26.5 Å². The summed E-state index contributed by atoms with van der Waals surface area (Å²) in [5.41, 5.74) is 0.586. The zero-order chi connectivity index (χ0) is 20.5. The van der Waals surface area contributed by atoms with Crippen molar-refractivity contribution in [2.24, 2.45) is 0 Å². The van der Waals surface area contributed by atoms with Crippen molar-refractivity contribution in [3.8, 4) is 0 Å². The molecule has 4 nitrogen and oxygen atoms in total. The van der Waals surface area contributed by atoms with Crippen LogP contribution in [0.4, 0.5) is 0 Å². The maximum absolute atomic E-state index is 12.4. The van der Waals surface area contributed by atoms with Crippen molar-refractivity contribution < 1.29 is 36.1 Å². The van der Waals surface area contributed by atoms with Gasteiger partial charge in [0.2, 0.25) is 0 Å². The minimum Gasteiger partial charge on any atom is -0.462 e. The first-order valence-electron chi connectivity index (χ1n) is 11.1. The summed E-state index contributed by atoms with van der Waals surface area (Å²) in [6, 6.07) is 6.74. The van der Waals surface area contributed by atoms with E-state index >= 15 is 0 Å². The number of rotatable bonds is 16. The summed E-state index contributed by atoms with van der Waals surface area (Å²) < 4.78 is 10.7. The molecule has 5 heteroatoms. The minimum absolute atomic E-state index is 0. The second-order valence-corrected chi connectivity index (χ2v) is 7.35. The Morgan fingerprint density at radius 1 is 0.621 bits per heavy atom. The predicted octanol–water partition coefficient (Wildman–Crippen LogP) is 6.72. The van der Waals surface area contributed by atoms with E-state index in [0.717, 1.165) is 25.7 Å². The second-order valence-electron chi connectivity index (χ2n) is 7.35. The Hall–Kier alpha value is -1.32. The van der Waals surface area contributed by atoms with Crippen LogP contribution in [0.3, 0.4) is 0 Å². The summed E-state index contributed by atoms with van der Waals surface area (Å²) in [4.78, 5) is 24.7. The number of unbranched alkanes of at least 4 members (excludes halogenated alkanes) is 10. The Kier molecular flexibility index (Phi) is 17.8. The molecule has 0 atom stereocenters. The SMILES string of the molecule is CCCCCCCCOC(=O)c1ccccc1C(=O)OCCCCCCCC.[Mn]. The summed E-state index contributed by atoms with van der Waals surface area (Å²) in [6.45, 7) is 5.17. The fraction of sp³-hybridized carbons (Fsp3) is 0.667. The quantitative estimate of drug-likeness (QED) is 0.161. The van der Waals surface area contributed by atoms with E-state index in [1.54, 1.807) is 24.3 Å². The molecule has 0 aliphatic rings. The second kappa shape index (κ2) is 18.7. The average molecular weight is 446 g/mol. The van der Waals surface area contributed by atoms with Crippen molar-refractivity contribution in [2.45, 2.75) is 90.9 Å². The first-order valence-corrected chi connectivity index (χ1v) is 11.1. The van der Waals surface area contributed by atoms with Gasteiger partial charge in [0.15, 0.2) is 0 Å². The number of esters is 2. The Labute approximate surface area is 187 Å². The smallest absolute Gasteiger partial charge is 0.339 e. The molecule has 0 aliphatic heterocycles. The van der Waals surface area contributed by atoms with Crippen LogP contribution < -0.4 is 0 Å². The summed E-state index contributed by atoms with van der Waals surface area (Å²) in [5.74, 6) is -0.888. The fourth-order valence-corrected chi connectivity index (χ4v) is 3.09. The van der Waals surface area contributed by atoms with Gasteiger partial charge in [-0.05, 0) is 25.0 Å². The van der Waals surface area contributed by atoms with Gasteiger partial charge in [0.25, 0.3) is 0 Å². The van der Waals surface area contributed by atoms with Gasteiger partial charge in [-0.25, -0.2) is 9.59 Å². The van der Waals surface area contributed by atoms with E-state index in [1.807, 2.05) is 0 Å². The number of hydrogen-bond acceptors (Lipinski definition) is 4. The molecule has 1 radical (unpaired) electrons. The molecule has 0 saturated carbocycles. The molecule has 1 aromatic rings. The van der Waals surface area contributed by atoms with Gasteiger partial charge in [0.05, 0.1) is 24.3 Å². The number of hydrogen-bond donors (Lipinski definition) is 0. The van der Waals surface area contributed by atoms with Crippen molar-refractivity contribution in [1.29, 1.82) is 0 Å². The summed E-state index contributed by atoms with van der Waals surface area (Å²) in [6.07, 6.45) is 13.6. The van der Waals surface area contributed by atoms with E-state index < -0.39 is 11.9 Å². The first kappa shape index (κ1) is 27.7. The predicted molar refractivity (Wildman–Crippen MR) is 114 cm³/mol. The van der Waals surface area contributed by atoms with Crippen molar-refractivity contribution in [3.05, 3.63) is 35.4 Å². The van der Waals surface area contributed by atoms with Crippen molar-refractivity contribution in [2.75, 3.05) is 13.2 Å². The molecule has 1 aromatic carbocycles. The summed E-state index contributed by atoms with van der Waals surface area (Å²) in [7, 11) is 0. The number of carbonyl (C=O) groups is 2. The summed E-state index contributed by atoms with van der Waals surface area (Å²) >= 11 is 0. The van der Waals surface area contributed by atoms with E-state index in [-0.39, 0.29) is 17.1 Å².